The molecule has 1 heterocycles. The number of nitrogens with zero attached hydrogens (tertiary/aromatic N) is 1. The molecule has 0 unspecified atom stereocenters. The summed E-state index contributed by atoms with van der Waals surface area (Å²) in [6.45, 7) is 7.72. The Morgan fingerprint density at radius 2 is 1.86 bits per heavy atom. The molecule has 0 aromatic heterocycles. The lowest BCUT2D eigenvalue weighted by molar-refractivity contribution is -0.139. The molecular formula is C26H31N3O5S. The number of hydrogen-bond acceptors (Lipinski definition) is 8. The normalized spacial score (nSPS) is 15.1. The van der Waals surface area contributed by atoms with Crippen LogP contribution in [0.15, 0.2) is 52.7 Å². The third-order valence-electron chi connectivity index (χ3n) is 5.46. The molecule has 0 saturated heterocycles. The largest absolute Gasteiger partial charge is 0.497 e. The van der Waals surface area contributed by atoms with Crippen molar-refractivity contribution in [2.45, 2.75) is 33.7 Å². The second-order valence-electron chi connectivity index (χ2n) is 7.98. The van der Waals surface area contributed by atoms with Crippen LogP contribution in [0.3, 0.4) is 0 Å². The molecule has 186 valence electrons. The minimum Gasteiger partial charge on any atom is -0.497 e. The summed E-state index contributed by atoms with van der Waals surface area (Å²) in [7, 11) is 3.13. The van der Waals surface area contributed by atoms with Crippen LogP contribution in [0, 0.1) is 13.8 Å². The van der Waals surface area contributed by atoms with Crippen LogP contribution in [0.5, 0.6) is 11.5 Å². The van der Waals surface area contributed by atoms with E-state index in [1.807, 2.05) is 38.1 Å². The predicted octanol–water partition coefficient (Wildman–Crippen LogP) is 4.53. The van der Waals surface area contributed by atoms with Gasteiger partial charge in [-0.2, -0.15) is 0 Å². The van der Waals surface area contributed by atoms with Gasteiger partial charge in [-0.1, -0.05) is 23.9 Å². The van der Waals surface area contributed by atoms with Crippen molar-refractivity contribution < 1.29 is 23.8 Å². The van der Waals surface area contributed by atoms with Crippen molar-refractivity contribution in [2.24, 2.45) is 4.99 Å². The number of ether oxygens (including phenoxy) is 3. The monoisotopic (exact) mass is 497 g/mol. The fraction of sp³-hybridized carbons (Fsp3) is 0.346. The molecule has 2 aromatic carbocycles. The maximum atomic E-state index is 12.8. The number of rotatable bonds is 8. The number of methoxy groups -OCH3 is 2. The number of benzene rings is 2. The average molecular weight is 498 g/mol. The van der Waals surface area contributed by atoms with Crippen molar-refractivity contribution in [1.29, 1.82) is 0 Å². The first-order chi connectivity index (χ1) is 16.8. The highest BCUT2D eigenvalue weighted by Gasteiger charge is 2.32. The minimum absolute atomic E-state index is 0.147. The van der Waals surface area contributed by atoms with Crippen molar-refractivity contribution >= 4 is 34.5 Å². The van der Waals surface area contributed by atoms with Crippen molar-refractivity contribution in [3.63, 3.8) is 0 Å². The molecule has 3 rings (SSSR count). The smallest absolute Gasteiger partial charge is 0.338 e. The van der Waals surface area contributed by atoms with Crippen LogP contribution in [-0.2, 0) is 14.3 Å². The Morgan fingerprint density at radius 3 is 2.54 bits per heavy atom. The topological polar surface area (TPSA) is 98.2 Å². The van der Waals surface area contributed by atoms with E-state index in [2.05, 4.69) is 10.6 Å². The van der Waals surface area contributed by atoms with E-state index in [9.17, 15) is 9.59 Å². The second kappa shape index (κ2) is 11.8. The third kappa shape index (κ3) is 6.36. The standard InChI is InChI=1S/C26H31N3O5S/c1-7-34-25(31)23-17(4)27-26(29-24(23)19-11-10-18(32-5)13-21(19)33-6)35-14-22(30)28-20-12-15(2)8-9-16(20)3/h8-13,24H,7,14H2,1-6H3,(H,27,29)(H,28,30)/t24-/m1/s1. The van der Waals surface area contributed by atoms with Gasteiger partial charge in [0.05, 0.1) is 32.2 Å². The van der Waals surface area contributed by atoms with Gasteiger partial charge in [0.25, 0.3) is 0 Å². The summed E-state index contributed by atoms with van der Waals surface area (Å²) in [4.78, 5) is 30.2. The van der Waals surface area contributed by atoms with E-state index < -0.39 is 12.0 Å². The average Bonchev–Trinajstić information content (AvgIpc) is 2.84. The van der Waals surface area contributed by atoms with Crippen LogP contribution in [0.25, 0.3) is 0 Å². The lowest BCUT2D eigenvalue weighted by atomic mass is 9.95. The molecule has 35 heavy (non-hydrogen) atoms. The number of amidine groups is 1. The number of carbonyl (C=O) groups excluding carboxylic acids is 2. The molecule has 2 aromatic rings. The Labute approximate surface area is 210 Å². The molecule has 0 aliphatic carbocycles. The molecule has 0 radical (unpaired) electrons. The molecule has 1 aliphatic heterocycles. The lowest BCUT2D eigenvalue weighted by Crippen LogP contribution is -2.31. The summed E-state index contributed by atoms with van der Waals surface area (Å²) in [6.07, 6.45) is 0. The van der Waals surface area contributed by atoms with E-state index in [4.69, 9.17) is 19.2 Å². The first kappa shape index (κ1) is 26.2. The van der Waals surface area contributed by atoms with Crippen LogP contribution >= 0.6 is 11.8 Å². The zero-order valence-electron chi connectivity index (χ0n) is 20.9. The van der Waals surface area contributed by atoms with E-state index in [-0.39, 0.29) is 18.3 Å². The van der Waals surface area contributed by atoms with Crippen LogP contribution in [0.1, 0.15) is 36.6 Å². The van der Waals surface area contributed by atoms with E-state index in [0.717, 1.165) is 16.8 Å². The van der Waals surface area contributed by atoms with Crippen LogP contribution in [0.2, 0.25) is 0 Å². The quantitative estimate of drug-likeness (QED) is 0.517. The Morgan fingerprint density at radius 1 is 1.09 bits per heavy atom. The fourth-order valence-electron chi connectivity index (χ4n) is 3.65. The first-order valence-electron chi connectivity index (χ1n) is 11.2. The summed E-state index contributed by atoms with van der Waals surface area (Å²) in [5, 5.41) is 6.63. The number of anilines is 1. The first-order valence-corrected chi connectivity index (χ1v) is 12.2. The van der Waals surface area contributed by atoms with E-state index in [1.54, 1.807) is 40.2 Å². The Bertz CT molecular complexity index is 1180. The summed E-state index contributed by atoms with van der Waals surface area (Å²) < 4.78 is 16.2. The van der Waals surface area contributed by atoms with Gasteiger partial charge in [0.1, 0.15) is 17.5 Å². The fourth-order valence-corrected chi connectivity index (χ4v) is 4.40. The highest BCUT2D eigenvalue weighted by Crippen LogP contribution is 2.39. The number of aryl methyl sites for hydroxylation is 2. The van der Waals surface area contributed by atoms with Gasteiger partial charge in [0.15, 0.2) is 5.17 Å². The molecular weight excluding hydrogens is 466 g/mol. The van der Waals surface area contributed by atoms with Crippen molar-refractivity contribution in [3.05, 3.63) is 64.4 Å². The molecule has 0 fully saturated rings. The Hall–Kier alpha value is -3.46. The number of nitrogens with one attached hydrogen (secondary N) is 2. The highest BCUT2D eigenvalue weighted by atomic mass is 32.2. The molecule has 0 spiro atoms. The van der Waals surface area contributed by atoms with Gasteiger partial charge in [-0.15, -0.1) is 0 Å². The van der Waals surface area contributed by atoms with Gasteiger partial charge in [-0.25, -0.2) is 9.79 Å². The molecule has 1 aliphatic rings. The third-order valence-corrected chi connectivity index (χ3v) is 6.34. The maximum Gasteiger partial charge on any atom is 0.338 e. The number of thioether (sulfide) groups is 1. The molecule has 0 bridgehead atoms. The van der Waals surface area contributed by atoms with Gasteiger partial charge in [0, 0.05) is 23.0 Å². The number of allylic oxidation sites excluding steroid dienone is 1. The SMILES string of the molecule is CCOC(=O)C1=C(C)NC(SCC(=O)Nc2cc(C)ccc2C)=N[C@@H]1c1ccc(OC)cc1OC. The number of carbonyl (C=O) groups is 2. The molecule has 8 nitrogen and oxygen atoms in total. The Balaban J connectivity index is 1.86. The summed E-state index contributed by atoms with van der Waals surface area (Å²) in [5.41, 5.74) is 4.54. The molecule has 1 atom stereocenters. The van der Waals surface area contributed by atoms with Gasteiger partial charge >= 0.3 is 5.97 Å². The molecule has 0 saturated carbocycles. The highest BCUT2D eigenvalue weighted by molar-refractivity contribution is 8.14. The van der Waals surface area contributed by atoms with Gasteiger partial charge in [-0.3, -0.25) is 4.79 Å². The zero-order chi connectivity index (χ0) is 25.5. The lowest BCUT2D eigenvalue weighted by Gasteiger charge is -2.26. The number of esters is 1. The van der Waals surface area contributed by atoms with Gasteiger partial charge in [0.2, 0.25) is 5.91 Å². The second-order valence-corrected chi connectivity index (χ2v) is 8.95. The van der Waals surface area contributed by atoms with Crippen molar-refractivity contribution in [1.82, 2.24) is 5.32 Å². The van der Waals surface area contributed by atoms with Crippen LogP contribution < -0.4 is 20.1 Å². The van der Waals surface area contributed by atoms with Crippen molar-refractivity contribution in [3.8, 4) is 11.5 Å². The summed E-state index contributed by atoms with van der Waals surface area (Å²) in [5.74, 6) is 0.699. The van der Waals surface area contributed by atoms with E-state index >= 15 is 0 Å². The minimum atomic E-state index is -0.666. The van der Waals surface area contributed by atoms with Crippen LogP contribution in [0.4, 0.5) is 5.69 Å². The predicted molar refractivity (Wildman–Crippen MR) is 139 cm³/mol. The van der Waals surface area contributed by atoms with Crippen LogP contribution in [-0.4, -0.2) is 43.6 Å². The molecule has 2 N–H and O–H groups in total. The van der Waals surface area contributed by atoms with E-state index in [0.29, 0.717) is 33.5 Å². The summed E-state index contributed by atoms with van der Waals surface area (Å²) in [6, 6.07) is 10.6. The number of aliphatic imine (C=N–C) groups is 1. The summed E-state index contributed by atoms with van der Waals surface area (Å²) >= 11 is 1.26. The Kier molecular flexibility index (Phi) is 8.81. The van der Waals surface area contributed by atoms with Crippen molar-refractivity contribution in [2.75, 3.05) is 31.9 Å². The number of amides is 1. The zero-order valence-corrected chi connectivity index (χ0v) is 21.7. The van der Waals surface area contributed by atoms with Gasteiger partial charge < -0.3 is 24.8 Å². The molecule has 1 amide bonds. The molecule has 9 heteroatoms. The van der Waals surface area contributed by atoms with E-state index in [1.165, 1.54) is 11.8 Å². The number of hydrogen-bond donors (Lipinski definition) is 2. The maximum absolute atomic E-state index is 12.8. The van der Waals surface area contributed by atoms with Gasteiger partial charge in [-0.05, 0) is 57.0 Å².